The molecule has 0 atom stereocenters. The summed E-state index contributed by atoms with van der Waals surface area (Å²) in [6.07, 6.45) is 0. The number of carboxylic acids is 1. The van der Waals surface area contributed by atoms with Crippen molar-refractivity contribution in [1.82, 2.24) is 0 Å². The number of aliphatic imine (C=N–C) groups is 1. The maximum absolute atomic E-state index is 11.0. The van der Waals surface area contributed by atoms with Crippen LogP contribution in [0.1, 0.15) is 10.4 Å². The van der Waals surface area contributed by atoms with Crippen molar-refractivity contribution in [2.75, 3.05) is 17.2 Å². The number of nitrogens with zero attached hydrogens (tertiary/aromatic N) is 1. The van der Waals surface area contributed by atoms with Gasteiger partial charge in [-0.15, -0.1) is 0 Å². The molecule has 3 rings (SSSR count). The highest BCUT2D eigenvalue weighted by molar-refractivity contribution is 6.43. The van der Waals surface area contributed by atoms with Gasteiger partial charge in [0.15, 0.2) is 5.75 Å². The third kappa shape index (κ3) is 2.91. The first kappa shape index (κ1) is 15.5. The first-order valence-electron chi connectivity index (χ1n) is 6.59. The third-order valence-corrected chi connectivity index (χ3v) is 4.12. The quantitative estimate of drug-likeness (QED) is 0.614. The van der Waals surface area contributed by atoms with Crippen LogP contribution in [-0.4, -0.2) is 28.6 Å². The van der Waals surface area contributed by atoms with Crippen molar-refractivity contribution in [2.45, 2.75) is 0 Å². The maximum atomic E-state index is 11.0. The molecule has 1 heterocycles. The molecule has 0 saturated carbocycles. The fourth-order valence-electron chi connectivity index (χ4n) is 2.21. The van der Waals surface area contributed by atoms with E-state index in [9.17, 15) is 9.90 Å². The monoisotopic (exact) mass is 351 g/mol. The highest BCUT2D eigenvalue weighted by atomic mass is 35.5. The average molecular weight is 352 g/mol. The molecular weight excluding hydrogens is 341 g/mol. The van der Waals surface area contributed by atoms with Gasteiger partial charge in [0, 0.05) is 0 Å². The lowest BCUT2D eigenvalue weighted by atomic mass is 10.1. The highest BCUT2D eigenvalue weighted by Crippen LogP contribution is 2.38. The summed E-state index contributed by atoms with van der Waals surface area (Å²) in [7, 11) is 0. The molecular formula is C15H11Cl2N3O3. The molecule has 0 unspecified atom stereocenters. The van der Waals surface area contributed by atoms with Crippen molar-refractivity contribution < 1.29 is 15.0 Å². The van der Waals surface area contributed by atoms with E-state index in [2.05, 4.69) is 15.6 Å². The predicted molar refractivity (Wildman–Crippen MR) is 90.7 cm³/mol. The number of anilines is 2. The minimum Gasteiger partial charge on any atom is -0.505 e. The molecule has 0 radical (unpaired) electrons. The zero-order valence-electron chi connectivity index (χ0n) is 11.6. The molecule has 23 heavy (non-hydrogen) atoms. The molecule has 0 fully saturated rings. The van der Waals surface area contributed by atoms with Crippen LogP contribution in [0.2, 0.25) is 10.0 Å². The van der Waals surface area contributed by atoms with E-state index in [0.717, 1.165) is 0 Å². The number of carbonyl (C=O) groups is 1. The van der Waals surface area contributed by atoms with E-state index in [1.807, 2.05) is 0 Å². The topological polar surface area (TPSA) is 94.0 Å². The minimum atomic E-state index is -1.20. The number of nitrogens with one attached hydrogen (secondary N) is 2. The molecule has 118 valence electrons. The molecule has 0 saturated heterocycles. The molecule has 0 bridgehead atoms. The van der Waals surface area contributed by atoms with Gasteiger partial charge in [0.2, 0.25) is 0 Å². The first-order valence-corrected chi connectivity index (χ1v) is 7.34. The number of halogens is 2. The van der Waals surface area contributed by atoms with Crippen LogP contribution in [0.15, 0.2) is 35.3 Å². The molecule has 1 aliphatic rings. The standard InChI is InChI=1S/C15H11Cl2N3O3/c16-8-2-1-3-9(12(8)17)19-11-6-18-13-10(20-11)5-4-7(14(13)21)15(22)23/h1-5,18,21H,6H2,(H,19,20)(H,22,23). The van der Waals surface area contributed by atoms with E-state index in [1.165, 1.54) is 6.07 Å². The Bertz CT molecular complexity index is 837. The van der Waals surface area contributed by atoms with Gasteiger partial charge in [0.05, 0.1) is 28.0 Å². The van der Waals surface area contributed by atoms with Crippen molar-refractivity contribution >= 4 is 52.1 Å². The van der Waals surface area contributed by atoms with Crippen molar-refractivity contribution in [3.05, 3.63) is 45.9 Å². The van der Waals surface area contributed by atoms with E-state index in [4.69, 9.17) is 28.3 Å². The molecule has 6 nitrogen and oxygen atoms in total. The Morgan fingerprint density at radius 1 is 1.22 bits per heavy atom. The van der Waals surface area contributed by atoms with Gasteiger partial charge in [0.1, 0.15) is 17.1 Å². The van der Waals surface area contributed by atoms with Crippen LogP contribution in [0.25, 0.3) is 0 Å². The molecule has 2 aromatic carbocycles. The molecule has 4 N–H and O–H groups in total. The van der Waals surface area contributed by atoms with Crippen molar-refractivity contribution in [3.8, 4) is 5.75 Å². The van der Waals surface area contributed by atoms with Gasteiger partial charge in [-0.05, 0) is 24.3 Å². The summed E-state index contributed by atoms with van der Waals surface area (Å²) in [6, 6.07) is 8.01. The van der Waals surface area contributed by atoms with Crippen LogP contribution in [0.4, 0.5) is 17.1 Å². The second-order valence-electron chi connectivity index (χ2n) is 4.80. The van der Waals surface area contributed by atoms with Crippen molar-refractivity contribution in [3.63, 3.8) is 0 Å². The fraction of sp³-hybridized carbons (Fsp3) is 0.0667. The number of rotatable bonds is 2. The van der Waals surface area contributed by atoms with E-state index in [1.54, 1.807) is 24.3 Å². The minimum absolute atomic E-state index is 0.170. The van der Waals surface area contributed by atoms with E-state index in [-0.39, 0.29) is 17.9 Å². The van der Waals surface area contributed by atoms with Crippen LogP contribution in [0, 0.1) is 0 Å². The number of hydrogen-bond donors (Lipinski definition) is 4. The van der Waals surface area contributed by atoms with Gasteiger partial charge in [-0.2, -0.15) is 0 Å². The van der Waals surface area contributed by atoms with Gasteiger partial charge in [-0.25, -0.2) is 9.79 Å². The number of carboxylic acid groups (broad SMARTS) is 1. The summed E-state index contributed by atoms with van der Waals surface area (Å²) in [5, 5.41) is 25.7. The molecule has 0 spiro atoms. The second-order valence-corrected chi connectivity index (χ2v) is 5.58. The number of aromatic hydroxyl groups is 1. The molecule has 1 aliphatic heterocycles. The van der Waals surface area contributed by atoms with E-state index >= 15 is 0 Å². The lowest BCUT2D eigenvalue weighted by Crippen LogP contribution is -2.28. The second kappa shape index (κ2) is 5.98. The van der Waals surface area contributed by atoms with E-state index in [0.29, 0.717) is 32.9 Å². The molecule has 0 aliphatic carbocycles. The molecule has 0 amide bonds. The number of benzene rings is 2. The Balaban J connectivity index is 1.95. The largest absolute Gasteiger partial charge is 0.505 e. The Morgan fingerprint density at radius 3 is 2.74 bits per heavy atom. The van der Waals surface area contributed by atoms with Gasteiger partial charge in [0.25, 0.3) is 0 Å². The smallest absolute Gasteiger partial charge is 0.339 e. The summed E-state index contributed by atoms with van der Waals surface area (Å²) >= 11 is 12.1. The Morgan fingerprint density at radius 2 is 2.00 bits per heavy atom. The number of amidine groups is 1. The third-order valence-electron chi connectivity index (χ3n) is 3.31. The van der Waals surface area contributed by atoms with Crippen molar-refractivity contribution in [1.29, 1.82) is 0 Å². The predicted octanol–water partition coefficient (Wildman–Crippen LogP) is 3.96. The van der Waals surface area contributed by atoms with Crippen LogP contribution in [-0.2, 0) is 0 Å². The zero-order valence-corrected chi connectivity index (χ0v) is 13.1. The normalized spacial score (nSPS) is 14.8. The van der Waals surface area contributed by atoms with Crippen LogP contribution < -0.4 is 10.6 Å². The molecule has 2 aromatic rings. The number of hydrogen-bond acceptors (Lipinski definition) is 4. The summed E-state index contributed by atoms with van der Waals surface area (Å²) in [4.78, 5) is 15.4. The summed E-state index contributed by atoms with van der Waals surface area (Å²) in [6.45, 7) is 0.270. The Kier molecular flexibility index (Phi) is 4.02. The molecule has 8 heteroatoms. The SMILES string of the molecule is O=C(O)c1ccc2c(c1O)NCC(=Nc1cccc(Cl)c1Cl)N2. The number of aromatic carboxylic acids is 1. The lowest BCUT2D eigenvalue weighted by Gasteiger charge is -2.23. The average Bonchev–Trinajstić information content (AvgIpc) is 2.52. The number of fused-ring (bicyclic) bond motifs is 1. The van der Waals surface area contributed by atoms with Gasteiger partial charge < -0.3 is 20.8 Å². The first-order chi connectivity index (χ1) is 11.0. The van der Waals surface area contributed by atoms with E-state index < -0.39 is 5.97 Å². The highest BCUT2D eigenvalue weighted by Gasteiger charge is 2.21. The lowest BCUT2D eigenvalue weighted by molar-refractivity contribution is 0.0694. The van der Waals surface area contributed by atoms with Gasteiger partial charge in [-0.1, -0.05) is 29.3 Å². The summed E-state index contributed by atoms with van der Waals surface area (Å²) in [5.74, 6) is -0.955. The van der Waals surface area contributed by atoms with Crippen LogP contribution >= 0.6 is 23.2 Å². The van der Waals surface area contributed by atoms with Crippen LogP contribution in [0.5, 0.6) is 5.75 Å². The zero-order chi connectivity index (χ0) is 16.6. The van der Waals surface area contributed by atoms with Gasteiger partial charge in [-0.3, -0.25) is 0 Å². The molecule has 0 aromatic heterocycles. The fourth-order valence-corrected chi connectivity index (χ4v) is 2.55. The Labute approximate surface area is 141 Å². The Hall–Kier alpha value is -2.44. The number of phenols is 1. The van der Waals surface area contributed by atoms with Crippen LogP contribution in [0.3, 0.4) is 0 Å². The maximum Gasteiger partial charge on any atom is 0.339 e. The van der Waals surface area contributed by atoms with Gasteiger partial charge >= 0.3 is 5.97 Å². The van der Waals surface area contributed by atoms with Crippen molar-refractivity contribution in [2.24, 2.45) is 4.99 Å². The summed E-state index contributed by atoms with van der Waals surface area (Å²) < 4.78 is 0. The summed E-state index contributed by atoms with van der Waals surface area (Å²) in [5.41, 5.74) is 1.19.